The maximum Gasteiger partial charge on any atom is 0.279 e. The SMILES string of the molecule is O=C(NNC(=O)c1cccs1)c1ccc(Br)cc1. The monoisotopic (exact) mass is 324 g/mol. The van der Waals surface area contributed by atoms with Crippen LogP contribution in [0.1, 0.15) is 20.0 Å². The van der Waals surface area contributed by atoms with Gasteiger partial charge in [-0.25, -0.2) is 0 Å². The van der Waals surface area contributed by atoms with Crippen molar-refractivity contribution < 1.29 is 9.59 Å². The summed E-state index contributed by atoms with van der Waals surface area (Å²) >= 11 is 4.59. The van der Waals surface area contributed by atoms with Gasteiger partial charge in [-0.15, -0.1) is 11.3 Å². The van der Waals surface area contributed by atoms with Crippen LogP contribution in [0.3, 0.4) is 0 Å². The molecule has 0 saturated heterocycles. The molecule has 1 aromatic heterocycles. The molecule has 0 atom stereocenters. The Morgan fingerprint density at radius 3 is 2.28 bits per heavy atom. The van der Waals surface area contributed by atoms with Crippen LogP contribution < -0.4 is 10.9 Å². The highest BCUT2D eigenvalue weighted by atomic mass is 79.9. The number of halogens is 1. The summed E-state index contributed by atoms with van der Waals surface area (Å²) in [6.07, 6.45) is 0. The zero-order chi connectivity index (χ0) is 13.0. The number of amides is 2. The first-order valence-electron chi connectivity index (χ1n) is 5.06. The van der Waals surface area contributed by atoms with Crippen molar-refractivity contribution in [3.05, 3.63) is 56.7 Å². The van der Waals surface area contributed by atoms with Crippen LogP contribution in [0.15, 0.2) is 46.3 Å². The maximum atomic E-state index is 11.7. The number of rotatable bonds is 2. The number of nitrogens with one attached hydrogen (secondary N) is 2. The predicted molar refractivity (Wildman–Crippen MR) is 73.4 cm³/mol. The Kier molecular flexibility index (Phi) is 4.11. The van der Waals surface area contributed by atoms with Crippen LogP contribution in [-0.2, 0) is 0 Å². The van der Waals surface area contributed by atoms with Crippen molar-refractivity contribution in [2.24, 2.45) is 0 Å². The molecular weight excluding hydrogens is 316 g/mol. The highest BCUT2D eigenvalue weighted by Gasteiger charge is 2.09. The number of thiophene rings is 1. The Morgan fingerprint density at radius 2 is 1.67 bits per heavy atom. The second kappa shape index (κ2) is 5.79. The topological polar surface area (TPSA) is 58.2 Å². The molecule has 1 aromatic carbocycles. The lowest BCUT2D eigenvalue weighted by molar-refractivity contribution is 0.0849. The summed E-state index contributed by atoms with van der Waals surface area (Å²) in [7, 11) is 0. The van der Waals surface area contributed by atoms with Gasteiger partial charge < -0.3 is 0 Å². The molecule has 0 spiro atoms. The lowest BCUT2D eigenvalue weighted by atomic mass is 10.2. The van der Waals surface area contributed by atoms with Gasteiger partial charge in [-0.1, -0.05) is 22.0 Å². The summed E-state index contributed by atoms with van der Waals surface area (Å²) in [6.45, 7) is 0. The van der Waals surface area contributed by atoms with Gasteiger partial charge >= 0.3 is 0 Å². The van der Waals surface area contributed by atoms with Gasteiger partial charge in [0.1, 0.15) is 0 Å². The Balaban J connectivity index is 1.92. The molecule has 2 N–H and O–H groups in total. The van der Waals surface area contributed by atoms with Gasteiger partial charge in [-0.2, -0.15) is 0 Å². The van der Waals surface area contributed by atoms with E-state index in [1.807, 2.05) is 0 Å². The van der Waals surface area contributed by atoms with Gasteiger partial charge in [0.05, 0.1) is 4.88 Å². The summed E-state index contributed by atoms with van der Waals surface area (Å²) in [5, 5.41) is 1.80. The first-order chi connectivity index (χ1) is 8.66. The van der Waals surface area contributed by atoms with Crippen molar-refractivity contribution in [3.8, 4) is 0 Å². The van der Waals surface area contributed by atoms with Crippen LogP contribution in [0, 0.1) is 0 Å². The third kappa shape index (κ3) is 3.18. The summed E-state index contributed by atoms with van der Waals surface area (Å²) in [4.78, 5) is 23.8. The first kappa shape index (κ1) is 12.8. The van der Waals surface area contributed by atoms with Crippen LogP contribution in [-0.4, -0.2) is 11.8 Å². The van der Waals surface area contributed by atoms with E-state index >= 15 is 0 Å². The van der Waals surface area contributed by atoms with Gasteiger partial charge in [0.15, 0.2) is 0 Å². The average Bonchev–Trinajstić information content (AvgIpc) is 2.90. The van der Waals surface area contributed by atoms with E-state index in [-0.39, 0.29) is 11.8 Å². The second-order valence-corrected chi connectivity index (χ2v) is 5.26. The molecule has 1 heterocycles. The van der Waals surface area contributed by atoms with E-state index in [0.29, 0.717) is 10.4 Å². The van der Waals surface area contributed by atoms with Crippen molar-refractivity contribution in [3.63, 3.8) is 0 Å². The van der Waals surface area contributed by atoms with Crippen LogP contribution in [0.25, 0.3) is 0 Å². The van der Waals surface area contributed by atoms with Gasteiger partial charge in [0.25, 0.3) is 11.8 Å². The molecule has 2 aromatic rings. The molecule has 92 valence electrons. The largest absolute Gasteiger partial charge is 0.279 e. The minimum Gasteiger partial charge on any atom is -0.267 e. The molecule has 0 saturated carbocycles. The van der Waals surface area contributed by atoms with E-state index in [9.17, 15) is 9.59 Å². The Hall–Kier alpha value is -1.66. The Morgan fingerprint density at radius 1 is 1.00 bits per heavy atom. The molecule has 2 amide bonds. The molecule has 0 aliphatic heterocycles. The summed E-state index contributed by atoms with van der Waals surface area (Å²) in [5.41, 5.74) is 5.19. The van der Waals surface area contributed by atoms with Crippen molar-refractivity contribution >= 4 is 39.1 Å². The number of hydrogen-bond acceptors (Lipinski definition) is 3. The van der Waals surface area contributed by atoms with E-state index in [1.165, 1.54) is 11.3 Å². The highest BCUT2D eigenvalue weighted by Crippen LogP contribution is 2.10. The van der Waals surface area contributed by atoms with Gasteiger partial charge in [0.2, 0.25) is 0 Å². The van der Waals surface area contributed by atoms with Crippen molar-refractivity contribution in [1.82, 2.24) is 10.9 Å². The molecule has 0 bridgehead atoms. The normalized spacial score (nSPS) is 9.83. The number of carbonyl (C=O) groups is 2. The third-order valence-corrected chi connectivity index (χ3v) is 3.54. The molecule has 0 unspecified atom stereocenters. The van der Waals surface area contributed by atoms with Crippen molar-refractivity contribution in [2.75, 3.05) is 0 Å². The lowest BCUT2D eigenvalue weighted by Crippen LogP contribution is -2.41. The number of hydrazine groups is 1. The second-order valence-electron chi connectivity index (χ2n) is 3.39. The summed E-state index contributed by atoms with van der Waals surface area (Å²) in [6, 6.07) is 10.3. The van der Waals surface area contributed by atoms with E-state index in [2.05, 4.69) is 26.8 Å². The predicted octanol–water partition coefficient (Wildman–Crippen LogP) is 2.59. The zero-order valence-electron chi connectivity index (χ0n) is 9.14. The highest BCUT2D eigenvalue weighted by molar-refractivity contribution is 9.10. The van der Waals surface area contributed by atoms with Gasteiger partial charge in [0, 0.05) is 10.0 Å². The number of carbonyl (C=O) groups excluding carboxylic acids is 2. The molecule has 0 fully saturated rings. The van der Waals surface area contributed by atoms with Gasteiger partial charge in [-0.05, 0) is 35.7 Å². The quantitative estimate of drug-likeness (QED) is 0.834. The Bertz CT molecular complexity index is 552. The van der Waals surface area contributed by atoms with Crippen molar-refractivity contribution in [2.45, 2.75) is 0 Å². The zero-order valence-corrected chi connectivity index (χ0v) is 11.5. The minimum absolute atomic E-state index is 0.324. The molecule has 0 aliphatic carbocycles. The third-order valence-electron chi connectivity index (χ3n) is 2.14. The van der Waals surface area contributed by atoms with E-state index < -0.39 is 0 Å². The van der Waals surface area contributed by atoms with Gasteiger partial charge in [-0.3, -0.25) is 20.4 Å². The fraction of sp³-hybridized carbons (Fsp3) is 0. The minimum atomic E-state index is -0.354. The van der Waals surface area contributed by atoms with Crippen molar-refractivity contribution in [1.29, 1.82) is 0 Å². The fourth-order valence-electron chi connectivity index (χ4n) is 1.26. The summed E-state index contributed by atoms with van der Waals surface area (Å²) in [5.74, 6) is -0.678. The molecule has 18 heavy (non-hydrogen) atoms. The average molecular weight is 325 g/mol. The van der Waals surface area contributed by atoms with Crippen LogP contribution in [0.2, 0.25) is 0 Å². The molecule has 2 rings (SSSR count). The number of benzene rings is 1. The lowest BCUT2D eigenvalue weighted by Gasteiger charge is -2.06. The smallest absolute Gasteiger partial charge is 0.267 e. The van der Waals surface area contributed by atoms with Crippen LogP contribution in [0.5, 0.6) is 0 Å². The standard InChI is InChI=1S/C12H9BrN2O2S/c13-9-5-3-8(4-6-9)11(16)14-15-12(17)10-2-1-7-18-10/h1-7H,(H,14,16)(H,15,17). The van der Waals surface area contributed by atoms with Crippen LogP contribution >= 0.6 is 27.3 Å². The molecule has 0 aliphatic rings. The molecular formula is C12H9BrN2O2S. The molecule has 4 nitrogen and oxygen atoms in total. The number of hydrogen-bond donors (Lipinski definition) is 2. The molecule has 0 radical (unpaired) electrons. The Labute approximate surface area is 116 Å². The van der Waals surface area contributed by atoms with E-state index in [4.69, 9.17) is 0 Å². The summed E-state index contributed by atoms with van der Waals surface area (Å²) < 4.78 is 0.890. The van der Waals surface area contributed by atoms with E-state index in [1.54, 1.807) is 41.8 Å². The first-order valence-corrected chi connectivity index (χ1v) is 6.74. The van der Waals surface area contributed by atoms with E-state index in [0.717, 1.165) is 4.47 Å². The fourth-order valence-corrected chi connectivity index (χ4v) is 2.14. The molecule has 6 heteroatoms. The maximum absolute atomic E-state index is 11.7. The van der Waals surface area contributed by atoms with Crippen LogP contribution in [0.4, 0.5) is 0 Å².